The molecule has 1 aliphatic rings. The highest BCUT2D eigenvalue weighted by molar-refractivity contribution is 6.04. The minimum Gasteiger partial charge on any atom is -0.496 e. The normalized spacial score (nSPS) is 15.3. The monoisotopic (exact) mass is 317 g/mol. The van der Waals surface area contributed by atoms with Crippen LogP contribution in [0.4, 0.5) is 5.95 Å². The third-order valence-corrected chi connectivity index (χ3v) is 4.05. The molecule has 23 heavy (non-hydrogen) atoms. The Morgan fingerprint density at radius 3 is 2.91 bits per heavy atom. The van der Waals surface area contributed by atoms with Crippen molar-refractivity contribution < 1.29 is 9.53 Å². The molecule has 122 valence electrons. The Morgan fingerprint density at radius 1 is 1.39 bits per heavy atom. The Labute approximate surface area is 132 Å². The maximum atomic E-state index is 12.3. The first kappa shape index (κ1) is 15.3. The average Bonchev–Trinajstić information content (AvgIpc) is 3.03. The van der Waals surface area contributed by atoms with Gasteiger partial charge < -0.3 is 9.72 Å². The van der Waals surface area contributed by atoms with E-state index in [2.05, 4.69) is 20.4 Å². The van der Waals surface area contributed by atoms with Gasteiger partial charge in [0.1, 0.15) is 17.6 Å². The zero-order valence-corrected chi connectivity index (χ0v) is 12.9. The summed E-state index contributed by atoms with van der Waals surface area (Å²) in [6.07, 6.45) is 8.81. The second-order valence-corrected chi connectivity index (χ2v) is 5.54. The van der Waals surface area contributed by atoms with E-state index in [0.29, 0.717) is 6.04 Å². The van der Waals surface area contributed by atoms with Gasteiger partial charge in [-0.15, -0.1) is 5.10 Å². The number of aromatic nitrogens is 4. The Hall–Kier alpha value is -2.64. The quantitative estimate of drug-likeness (QED) is 0.894. The van der Waals surface area contributed by atoms with E-state index in [-0.39, 0.29) is 17.3 Å². The molecule has 1 fully saturated rings. The molecule has 0 spiro atoms. The van der Waals surface area contributed by atoms with Crippen LogP contribution in [0.25, 0.3) is 0 Å². The topological polar surface area (TPSA) is 102 Å². The van der Waals surface area contributed by atoms with Crippen molar-refractivity contribution in [1.29, 1.82) is 0 Å². The van der Waals surface area contributed by atoms with Crippen molar-refractivity contribution in [2.24, 2.45) is 0 Å². The van der Waals surface area contributed by atoms with Crippen molar-refractivity contribution in [1.82, 2.24) is 19.7 Å². The molecule has 2 heterocycles. The number of amides is 1. The van der Waals surface area contributed by atoms with Crippen LogP contribution in [0.3, 0.4) is 0 Å². The van der Waals surface area contributed by atoms with Crippen LogP contribution in [0.1, 0.15) is 48.5 Å². The van der Waals surface area contributed by atoms with Crippen LogP contribution in [0.5, 0.6) is 5.75 Å². The van der Waals surface area contributed by atoms with E-state index in [1.807, 2.05) is 0 Å². The number of ether oxygens (including phenoxy) is 1. The van der Waals surface area contributed by atoms with Crippen LogP contribution in [0.2, 0.25) is 0 Å². The van der Waals surface area contributed by atoms with Crippen LogP contribution in [0.15, 0.2) is 23.4 Å². The van der Waals surface area contributed by atoms with Gasteiger partial charge in [0.2, 0.25) is 5.95 Å². The number of carbonyl (C=O) groups excluding carboxylic acids is 1. The van der Waals surface area contributed by atoms with Crippen LogP contribution in [0, 0.1) is 0 Å². The maximum absolute atomic E-state index is 12.3. The van der Waals surface area contributed by atoms with Crippen molar-refractivity contribution in [2.75, 3.05) is 12.4 Å². The number of anilines is 1. The van der Waals surface area contributed by atoms with Crippen LogP contribution in [-0.4, -0.2) is 32.8 Å². The number of hydrogen-bond donors (Lipinski definition) is 2. The van der Waals surface area contributed by atoms with Gasteiger partial charge >= 0.3 is 0 Å². The second-order valence-electron chi connectivity index (χ2n) is 5.54. The minimum absolute atomic E-state index is 0.0935. The molecule has 0 saturated heterocycles. The van der Waals surface area contributed by atoms with Crippen molar-refractivity contribution in [3.8, 4) is 5.75 Å². The predicted molar refractivity (Wildman–Crippen MR) is 83.7 cm³/mol. The lowest BCUT2D eigenvalue weighted by molar-refractivity contribution is 0.102. The highest BCUT2D eigenvalue weighted by atomic mass is 16.5. The zero-order chi connectivity index (χ0) is 16.2. The summed E-state index contributed by atoms with van der Waals surface area (Å²) in [5.74, 6) is -0.200. The molecule has 2 aromatic rings. The van der Waals surface area contributed by atoms with E-state index in [1.165, 1.54) is 38.6 Å². The summed E-state index contributed by atoms with van der Waals surface area (Å²) in [6.45, 7) is 0. The number of methoxy groups -OCH3 is 1. The summed E-state index contributed by atoms with van der Waals surface area (Å²) in [5.41, 5.74) is -0.613. The first-order valence-corrected chi connectivity index (χ1v) is 7.67. The number of nitrogens with zero attached hydrogens (tertiary/aromatic N) is 3. The number of nitrogens with one attached hydrogen (secondary N) is 2. The lowest BCUT2D eigenvalue weighted by Gasteiger charge is -2.21. The summed E-state index contributed by atoms with van der Waals surface area (Å²) >= 11 is 0. The molecule has 8 heteroatoms. The van der Waals surface area contributed by atoms with Gasteiger partial charge in [0.05, 0.1) is 13.2 Å². The van der Waals surface area contributed by atoms with Gasteiger partial charge in [0.15, 0.2) is 0 Å². The molecule has 1 aliphatic carbocycles. The van der Waals surface area contributed by atoms with E-state index in [9.17, 15) is 9.59 Å². The predicted octanol–water partition coefficient (Wildman–Crippen LogP) is 1.73. The fourth-order valence-electron chi connectivity index (χ4n) is 2.86. The van der Waals surface area contributed by atoms with Gasteiger partial charge in [-0.25, -0.2) is 9.67 Å². The van der Waals surface area contributed by atoms with E-state index in [0.717, 1.165) is 12.8 Å². The maximum Gasteiger partial charge on any atom is 0.267 e. The fraction of sp³-hybridized carbons (Fsp3) is 0.467. The summed E-state index contributed by atoms with van der Waals surface area (Å²) in [7, 11) is 1.40. The molecule has 0 aliphatic heterocycles. The summed E-state index contributed by atoms with van der Waals surface area (Å²) in [4.78, 5) is 30.7. The summed E-state index contributed by atoms with van der Waals surface area (Å²) in [5, 5.41) is 6.86. The standard InChI is InChI=1S/C15H19N5O3/c1-23-11-7-8-16-13(21)12(11)14(22)18-15-17-9-20(19-15)10-5-3-2-4-6-10/h7-10H,2-6H2,1H3,(H,16,21)(H,18,19,22). The fourth-order valence-corrected chi connectivity index (χ4v) is 2.86. The molecule has 0 aromatic carbocycles. The number of H-pyrrole nitrogens is 1. The summed E-state index contributed by atoms with van der Waals surface area (Å²) < 4.78 is 6.85. The first-order chi connectivity index (χ1) is 11.2. The number of rotatable bonds is 4. The third kappa shape index (κ3) is 3.25. The van der Waals surface area contributed by atoms with E-state index < -0.39 is 11.5 Å². The first-order valence-electron chi connectivity index (χ1n) is 7.67. The highest BCUT2D eigenvalue weighted by Gasteiger charge is 2.20. The van der Waals surface area contributed by atoms with Crippen LogP contribution < -0.4 is 15.6 Å². The van der Waals surface area contributed by atoms with E-state index in [1.54, 1.807) is 11.0 Å². The molecule has 0 radical (unpaired) electrons. The number of pyridine rings is 1. The zero-order valence-electron chi connectivity index (χ0n) is 12.9. The largest absolute Gasteiger partial charge is 0.496 e. The van der Waals surface area contributed by atoms with Gasteiger partial charge in [-0.05, 0) is 18.9 Å². The van der Waals surface area contributed by atoms with Gasteiger partial charge in [0, 0.05) is 6.20 Å². The molecule has 2 aromatic heterocycles. The third-order valence-electron chi connectivity index (χ3n) is 4.05. The van der Waals surface area contributed by atoms with Crippen LogP contribution >= 0.6 is 0 Å². The molecule has 3 rings (SSSR count). The molecular formula is C15H19N5O3. The molecule has 0 atom stereocenters. The van der Waals surface area contributed by atoms with Crippen molar-refractivity contribution >= 4 is 11.9 Å². The Bertz CT molecular complexity index is 746. The Balaban J connectivity index is 1.76. The van der Waals surface area contributed by atoms with Gasteiger partial charge in [0.25, 0.3) is 11.5 Å². The van der Waals surface area contributed by atoms with Crippen molar-refractivity contribution in [2.45, 2.75) is 38.1 Å². The minimum atomic E-state index is -0.593. The molecule has 1 amide bonds. The highest BCUT2D eigenvalue weighted by Crippen LogP contribution is 2.27. The van der Waals surface area contributed by atoms with E-state index >= 15 is 0 Å². The van der Waals surface area contributed by atoms with E-state index in [4.69, 9.17) is 4.74 Å². The summed E-state index contributed by atoms with van der Waals surface area (Å²) in [6, 6.07) is 1.85. The lowest BCUT2D eigenvalue weighted by Crippen LogP contribution is -2.24. The van der Waals surface area contributed by atoms with Crippen molar-refractivity contribution in [3.05, 3.63) is 34.5 Å². The average molecular weight is 317 g/mol. The molecular weight excluding hydrogens is 298 g/mol. The molecule has 8 nitrogen and oxygen atoms in total. The molecule has 0 unspecified atom stereocenters. The number of aromatic amines is 1. The van der Waals surface area contributed by atoms with Crippen molar-refractivity contribution in [3.63, 3.8) is 0 Å². The Morgan fingerprint density at radius 2 is 2.17 bits per heavy atom. The van der Waals surface area contributed by atoms with Crippen LogP contribution in [-0.2, 0) is 0 Å². The molecule has 2 N–H and O–H groups in total. The smallest absolute Gasteiger partial charge is 0.267 e. The number of hydrogen-bond acceptors (Lipinski definition) is 5. The lowest BCUT2D eigenvalue weighted by atomic mass is 9.96. The SMILES string of the molecule is COc1cc[nH]c(=O)c1C(=O)Nc1ncn(C2CCCCC2)n1. The van der Waals surface area contributed by atoms with Gasteiger partial charge in [-0.3, -0.25) is 14.9 Å². The molecule has 0 bridgehead atoms. The number of carbonyl (C=O) groups is 1. The molecule has 1 saturated carbocycles. The second kappa shape index (κ2) is 6.64. The van der Waals surface area contributed by atoms with Gasteiger partial charge in [-0.1, -0.05) is 19.3 Å². The van der Waals surface area contributed by atoms with Gasteiger partial charge in [-0.2, -0.15) is 0 Å². The Kier molecular flexibility index (Phi) is 4.40.